The fraction of sp³-hybridized carbons (Fsp3) is 1.00. The lowest BCUT2D eigenvalue weighted by Gasteiger charge is -2.11. The molecule has 3 heteroatoms. The van der Waals surface area contributed by atoms with Crippen LogP contribution in [0.1, 0.15) is 19.8 Å². The molecule has 1 heterocycles. The van der Waals surface area contributed by atoms with Gasteiger partial charge in [-0.1, -0.05) is 0 Å². The molecule has 0 aliphatic carbocycles. The molecular formula is C7H14O3. The lowest BCUT2D eigenvalue weighted by molar-refractivity contribution is -0.111. The third kappa shape index (κ3) is 2.64. The highest BCUT2D eigenvalue weighted by Gasteiger charge is 2.15. The number of hydrogen-bond donors (Lipinski definition) is 1. The van der Waals surface area contributed by atoms with Gasteiger partial charge in [0.2, 0.25) is 0 Å². The Hall–Kier alpha value is -0.120. The standard InChI is InChI=1S/C7H14O3/c1-6(8)10-5-7-3-2-4-9-7/h6-8H,2-5H2,1H3. The molecule has 0 saturated carbocycles. The number of hydrogen-bond acceptors (Lipinski definition) is 3. The van der Waals surface area contributed by atoms with E-state index in [1.54, 1.807) is 6.92 Å². The van der Waals surface area contributed by atoms with Crippen LogP contribution in [0.4, 0.5) is 0 Å². The molecule has 60 valence electrons. The molecule has 0 bridgehead atoms. The number of aliphatic hydroxyl groups is 1. The summed E-state index contributed by atoms with van der Waals surface area (Å²) in [5.41, 5.74) is 0. The van der Waals surface area contributed by atoms with Gasteiger partial charge in [-0.2, -0.15) is 0 Å². The zero-order valence-electron chi connectivity index (χ0n) is 6.25. The van der Waals surface area contributed by atoms with Gasteiger partial charge in [0, 0.05) is 6.61 Å². The van der Waals surface area contributed by atoms with E-state index in [0.717, 1.165) is 19.4 Å². The zero-order valence-corrected chi connectivity index (χ0v) is 6.25. The SMILES string of the molecule is CC(O)OCC1CCCO1. The molecule has 0 amide bonds. The van der Waals surface area contributed by atoms with Crippen molar-refractivity contribution < 1.29 is 14.6 Å². The van der Waals surface area contributed by atoms with E-state index in [2.05, 4.69) is 0 Å². The first-order valence-electron chi connectivity index (χ1n) is 3.70. The summed E-state index contributed by atoms with van der Waals surface area (Å²) < 4.78 is 10.2. The fourth-order valence-electron chi connectivity index (χ4n) is 1.02. The Balaban J connectivity index is 2.01. The molecule has 3 nitrogen and oxygen atoms in total. The van der Waals surface area contributed by atoms with Crippen LogP contribution in [-0.4, -0.2) is 30.7 Å². The van der Waals surface area contributed by atoms with Gasteiger partial charge >= 0.3 is 0 Å². The molecule has 1 aliphatic heterocycles. The van der Waals surface area contributed by atoms with Crippen LogP contribution in [0.25, 0.3) is 0 Å². The van der Waals surface area contributed by atoms with Crippen LogP contribution in [0.5, 0.6) is 0 Å². The summed E-state index contributed by atoms with van der Waals surface area (Å²) in [5, 5.41) is 8.73. The zero-order chi connectivity index (χ0) is 7.40. The molecule has 1 N–H and O–H groups in total. The highest BCUT2D eigenvalue weighted by molar-refractivity contribution is 4.63. The second-order valence-corrected chi connectivity index (χ2v) is 2.57. The van der Waals surface area contributed by atoms with Crippen LogP contribution in [0.15, 0.2) is 0 Å². The van der Waals surface area contributed by atoms with Crippen LogP contribution in [-0.2, 0) is 9.47 Å². The van der Waals surface area contributed by atoms with Crippen LogP contribution >= 0.6 is 0 Å². The molecule has 0 radical (unpaired) electrons. The first-order chi connectivity index (χ1) is 4.79. The van der Waals surface area contributed by atoms with E-state index < -0.39 is 6.29 Å². The van der Waals surface area contributed by atoms with Gasteiger partial charge in [0.05, 0.1) is 12.7 Å². The predicted molar refractivity (Wildman–Crippen MR) is 36.6 cm³/mol. The van der Waals surface area contributed by atoms with Gasteiger partial charge in [0.25, 0.3) is 0 Å². The second-order valence-electron chi connectivity index (χ2n) is 2.57. The van der Waals surface area contributed by atoms with E-state index in [9.17, 15) is 0 Å². The molecule has 1 saturated heterocycles. The average Bonchev–Trinajstić information content (AvgIpc) is 2.34. The van der Waals surface area contributed by atoms with Gasteiger partial charge in [-0.3, -0.25) is 0 Å². The maximum absolute atomic E-state index is 8.73. The normalized spacial score (nSPS) is 28.8. The largest absolute Gasteiger partial charge is 0.376 e. The third-order valence-electron chi connectivity index (χ3n) is 1.55. The number of rotatable bonds is 3. The smallest absolute Gasteiger partial charge is 0.151 e. The summed E-state index contributed by atoms with van der Waals surface area (Å²) in [4.78, 5) is 0. The summed E-state index contributed by atoms with van der Waals surface area (Å²) in [7, 11) is 0. The van der Waals surface area contributed by atoms with Crippen molar-refractivity contribution >= 4 is 0 Å². The molecule has 0 spiro atoms. The monoisotopic (exact) mass is 146 g/mol. The predicted octanol–water partition coefficient (Wildman–Crippen LogP) is 0.520. The van der Waals surface area contributed by atoms with Crippen LogP contribution in [0.2, 0.25) is 0 Å². The molecular weight excluding hydrogens is 132 g/mol. The molecule has 1 rings (SSSR count). The average molecular weight is 146 g/mol. The van der Waals surface area contributed by atoms with Gasteiger partial charge in [-0.15, -0.1) is 0 Å². The lowest BCUT2D eigenvalue weighted by Crippen LogP contribution is -2.18. The first kappa shape index (κ1) is 7.98. The van der Waals surface area contributed by atoms with Crippen molar-refractivity contribution in [2.24, 2.45) is 0 Å². The van der Waals surface area contributed by atoms with E-state index in [4.69, 9.17) is 14.6 Å². The summed E-state index contributed by atoms with van der Waals surface area (Å²) in [6, 6.07) is 0. The lowest BCUT2D eigenvalue weighted by atomic mass is 10.2. The van der Waals surface area contributed by atoms with Gasteiger partial charge in [-0.25, -0.2) is 0 Å². The van der Waals surface area contributed by atoms with Crippen molar-refractivity contribution in [3.8, 4) is 0 Å². The fourth-order valence-corrected chi connectivity index (χ4v) is 1.02. The maximum Gasteiger partial charge on any atom is 0.151 e. The van der Waals surface area contributed by atoms with E-state index >= 15 is 0 Å². The van der Waals surface area contributed by atoms with Gasteiger partial charge in [0.1, 0.15) is 0 Å². The van der Waals surface area contributed by atoms with Gasteiger partial charge in [0.15, 0.2) is 6.29 Å². The summed E-state index contributed by atoms with van der Waals surface area (Å²) in [5.74, 6) is 0. The molecule has 2 atom stereocenters. The summed E-state index contributed by atoms with van der Waals surface area (Å²) >= 11 is 0. The molecule has 2 unspecified atom stereocenters. The highest BCUT2D eigenvalue weighted by atomic mass is 16.6. The Labute approximate surface area is 60.9 Å². The molecule has 1 aliphatic rings. The van der Waals surface area contributed by atoms with Crippen molar-refractivity contribution in [3.63, 3.8) is 0 Å². The molecule has 0 aromatic rings. The van der Waals surface area contributed by atoms with Crippen LogP contribution in [0.3, 0.4) is 0 Å². The van der Waals surface area contributed by atoms with Gasteiger partial charge < -0.3 is 14.6 Å². The topological polar surface area (TPSA) is 38.7 Å². The van der Waals surface area contributed by atoms with Crippen molar-refractivity contribution in [2.45, 2.75) is 32.2 Å². The van der Waals surface area contributed by atoms with E-state index in [0.29, 0.717) is 6.61 Å². The molecule has 0 aromatic carbocycles. The van der Waals surface area contributed by atoms with Crippen LogP contribution < -0.4 is 0 Å². The first-order valence-corrected chi connectivity index (χ1v) is 3.70. The van der Waals surface area contributed by atoms with E-state index in [1.807, 2.05) is 0 Å². The minimum Gasteiger partial charge on any atom is -0.376 e. The van der Waals surface area contributed by atoms with E-state index in [-0.39, 0.29) is 6.10 Å². The van der Waals surface area contributed by atoms with Crippen molar-refractivity contribution in [2.75, 3.05) is 13.2 Å². The molecule has 1 fully saturated rings. The quantitative estimate of drug-likeness (QED) is 0.590. The van der Waals surface area contributed by atoms with Crippen molar-refractivity contribution in [3.05, 3.63) is 0 Å². The Morgan fingerprint density at radius 1 is 1.80 bits per heavy atom. The number of aliphatic hydroxyl groups excluding tert-OH is 1. The number of ether oxygens (including phenoxy) is 2. The van der Waals surface area contributed by atoms with Crippen LogP contribution in [0, 0.1) is 0 Å². The molecule has 10 heavy (non-hydrogen) atoms. The Morgan fingerprint density at radius 3 is 3.10 bits per heavy atom. The summed E-state index contributed by atoms with van der Waals surface area (Å²) in [6.45, 7) is 2.97. The highest BCUT2D eigenvalue weighted by Crippen LogP contribution is 2.12. The summed E-state index contributed by atoms with van der Waals surface area (Å²) in [6.07, 6.45) is 1.74. The minimum absolute atomic E-state index is 0.217. The van der Waals surface area contributed by atoms with Crippen molar-refractivity contribution in [1.29, 1.82) is 0 Å². The Bertz CT molecular complexity index is 86.9. The Kier molecular flexibility index (Phi) is 3.12. The molecule has 0 aromatic heterocycles. The third-order valence-corrected chi connectivity index (χ3v) is 1.55. The van der Waals surface area contributed by atoms with Crippen molar-refractivity contribution in [1.82, 2.24) is 0 Å². The van der Waals surface area contributed by atoms with E-state index in [1.165, 1.54) is 0 Å². The Morgan fingerprint density at radius 2 is 2.60 bits per heavy atom. The minimum atomic E-state index is -0.663. The maximum atomic E-state index is 8.73. The second kappa shape index (κ2) is 3.91. The van der Waals surface area contributed by atoms with Gasteiger partial charge in [-0.05, 0) is 19.8 Å².